The molecular formula is C9H9BrN2. The molecule has 3 heteroatoms. The van der Waals surface area contributed by atoms with Crippen molar-refractivity contribution < 1.29 is 0 Å². The van der Waals surface area contributed by atoms with E-state index >= 15 is 0 Å². The van der Waals surface area contributed by atoms with E-state index in [4.69, 9.17) is 0 Å². The molecule has 0 spiro atoms. The van der Waals surface area contributed by atoms with E-state index in [-0.39, 0.29) is 0 Å². The van der Waals surface area contributed by atoms with Gasteiger partial charge in [-0.2, -0.15) is 5.10 Å². The molecule has 0 aromatic heterocycles. The van der Waals surface area contributed by atoms with E-state index in [1.807, 2.05) is 17.9 Å². The van der Waals surface area contributed by atoms with Crippen LogP contribution < -0.4 is 0 Å². The molecule has 12 heavy (non-hydrogen) atoms. The van der Waals surface area contributed by atoms with Crippen molar-refractivity contribution >= 4 is 15.9 Å². The summed E-state index contributed by atoms with van der Waals surface area (Å²) in [6.45, 7) is 2.07. The Morgan fingerprint density at radius 1 is 1.33 bits per heavy atom. The minimum Gasteiger partial charge on any atom is -0.272 e. The summed E-state index contributed by atoms with van der Waals surface area (Å²) >= 11 is 3.48. The Kier molecular flexibility index (Phi) is 1.68. The highest BCUT2D eigenvalue weighted by atomic mass is 79.9. The first-order chi connectivity index (χ1) is 5.70. The van der Waals surface area contributed by atoms with Crippen LogP contribution in [0.1, 0.15) is 5.69 Å². The van der Waals surface area contributed by atoms with Crippen molar-refractivity contribution in [2.45, 2.75) is 6.92 Å². The smallest absolute Gasteiger partial charge is 0.0564 e. The Morgan fingerprint density at radius 2 is 2.08 bits per heavy atom. The third-order valence-corrected chi connectivity index (χ3v) is 2.87. The standard InChI is InChI=1S/C9H9BrN2/c1-6-7-3-4-9(10)8(7)5-11-12(6)2/h3-5H,1-2H3. The number of aromatic nitrogens is 2. The maximum absolute atomic E-state index is 4.23. The summed E-state index contributed by atoms with van der Waals surface area (Å²) < 4.78 is 3.00. The zero-order valence-electron chi connectivity index (χ0n) is 7.00. The number of fused-ring (bicyclic) bond motifs is 1. The lowest BCUT2D eigenvalue weighted by atomic mass is 10.1. The lowest BCUT2D eigenvalue weighted by molar-refractivity contribution is 0.710. The average molecular weight is 225 g/mol. The van der Waals surface area contributed by atoms with Gasteiger partial charge in [0.05, 0.1) is 6.20 Å². The molecule has 0 unspecified atom stereocenters. The van der Waals surface area contributed by atoms with Crippen LogP contribution in [0.25, 0.3) is 11.1 Å². The van der Waals surface area contributed by atoms with Gasteiger partial charge in [-0.25, -0.2) is 0 Å². The molecule has 62 valence electrons. The molecule has 0 bridgehead atoms. The molecule has 1 heterocycles. The van der Waals surface area contributed by atoms with Gasteiger partial charge >= 0.3 is 0 Å². The van der Waals surface area contributed by atoms with E-state index in [9.17, 15) is 0 Å². The molecule has 0 atom stereocenters. The van der Waals surface area contributed by atoms with Gasteiger partial charge < -0.3 is 0 Å². The van der Waals surface area contributed by atoms with Crippen molar-refractivity contribution in [2.24, 2.45) is 7.05 Å². The molecule has 2 rings (SSSR count). The second kappa shape index (κ2) is 2.59. The summed E-state index contributed by atoms with van der Waals surface area (Å²) in [5, 5.41) is 4.23. The number of nitrogens with zero attached hydrogens (tertiary/aromatic N) is 2. The van der Waals surface area contributed by atoms with E-state index in [0.29, 0.717) is 0 Å². The van der Waals surface area contributed by atoms with Crippen LogP contribution in [0.2, 0.25) is 0 Å². The van der Waals surface area contributed by atoms with Crippen LogP contribution in [0.4, 0.5) is 0 Å². The van der Waals surface area contributed by atoms with Gasteiger partial charge in [0, 0.05) is 28.3 Å². The molecule has 2 aliphatic rings. The second-order valence-corrected chi connectivity index (χ2v) is 3.72. The number of rotatable bonds is 0. The maximum atomic E-state index is 4.23. The van der Waals surface area contributed by atoms with Crippen molar-refractivity contribution in [2.75, 3.05) is 0 Å². The first kappa shape index (κ1) is 7.80. The quantitative estimate of drug-likeness (QED) is 0.673. The van der Waals surface area contributed by atoms with Gasteiger partial charge in [0.1, 0.15) is 0 Å². The zero-order chi connectivity index (χ0) is 8.72. The Morgan fingerprint density at radius 3 is 2.83 bits per heavy atom. The summed E-state index contributed by atoms with van der Waals surface area (Å²) in [5.74, 6) is 0. The third-order valence-electron chi connectivity index (χ3n) is 2.18. The van der Waals surface area contributed by atoms with E-state index in [0.717, 1.165) is 4.47 Å². The van der Waals surface area contributed by atoms with Crippen LogP contribution in [-0.4, -0.2) is 9.78 Å². The van der Waals surface area contributed by atoms with Crippen molar-refractivity contribution in [3.05, 3.63) is 28.5 Å². The minimum atomic E-state index is 1.12. The molecule has 1 aliphatic carbocycles. The normalized spacial score (nSPS) is 10.9. The van der Waals surface area contributed by atoms with Gasteiger partial charge in [-0.15, -0.1) is 0 Å². The largest absolute Gasteiger partial charge is 0.272 e. The van der Waals surface area contributed by atoms with Gasteiger partial charge in [0.25, 0.3) is 0 Å². The number of hydrogen-bond acceptors (Lipinski definition) is 1. The maximum Gasteiger partial charge on any atom is 0.0564 e. The predicted molar refractivity (Wildman–Crippen MR) is 52.3 cm³/mol. The van der Waals surface area contributed by atoms with E-state index in [1.165, 1.54) is 16.8 Å². The fourth-order valence-electron chi connectivity index (χ4n) is 1.32. The molecule has 0 aromatic carbocycles. The molecule has 0 fully saturated rings. The molecule has 1 aliphatic heterocycles. The predicted octanol–water partition coefficient (Wildman–Crippen LogP) is 2.60. The summed E-state index contributed by atoms with van der Waals surface area (Å²) in [4.78, 5) is 0. The molecule has 2 nitrogen and oxygen atoms in total. The SMILES string of the molecule is Cc1c2ccc(Br)c-2cnn1C. The van der Waals surface area contributed by atoms with Crippen LogP contribution in [-0.2, 0) is 7.05 Å². The summed E-state index contributed by atoms with van der Waals surface area (Å²) in [7, 11) is 1.95. The van der Waals surface area contributed by atoms with Crippen molar-refractivity contribution in [3.63, 3.8) is 0 Å². The van der Waals surface area contributed by atoms with Crippen LogP contribution in [0.3, 0.4) is 0 Å². The Bertz CT molecular complexity index is 392. The van der Waals surface area contributed by atoms with Crippen molar-refractivity contribution in [1.82, 2.24) is 9.78 Å². The van der Waals surface area contributed by atoms with Crippen LogP contribution in [0, 0.1) is 6.92 Å². The first-order valence-electron chi connectivity index (χ1n) is 3.77. The molecule has 0 saturated carbocycles. The summed E-state index contributed by atoms with van der Waals surface area (Å²) in [6, 6.07) is 4.16. The van der Waals surface area contributed by atoms with Gasteiger partial charge in [0.15, 0.2) is 0 Å². The number of hydrogen-bond donors (Lipinski definition) is 0. The van der Waals surface area contributed by atoms with Crippen LogP contribution >= 0.6 is 15.9 Å². The Labute approximate surface area is 79.7 Å². The lowest BCUT2D eigenvalue weighted by Crippen LogP contribution is -2.02. The number of aryl methyl sites for hydroxylation is 1. The molecule has 0 saturated heterocycles. The van der Waals surface area contributed by atoms with E-state index < -0.39 is 0 Å². The molecule has 0 amide bonds. The lowest BCUT2D eigenvalue weighted by Gasteiger charge is -2.08. The Hall–Kier alpha value is -0.830. The minimum absolute atomic E-state index is 1.12. The molecule has 0 radical (unpaired) electrons. The fraction of sp³-hybridized carbons (Fsp3) is 0.222. The first-order valence-corrected chi connectivity index (χ1v) is 4.56. The van der Waals surface area contributed by atoms with Crippen molar-refractivity contribution in [3.8, 4) is 11.1 Å². The van der Waals surface area contributed by atoms with Gasteiger partial charge in [-0.3, -0.25) is 4.68 Å². The third kappa shape index (κ3) is 0.966. The second-order valence-electron chi connectivity index (χ2n) is 2.86. The Balaban J connectivity index is 2.81. The topological polar surface area (TPSA) is 17.8 Å². The van der Waals surface area contributed by atoms with Gasteiger partial charge in [0.2, 0.25) is 0 Å². The zero-order valence-corrected chi connectivity index (χ0v) is 8.59. The van der Waals surface area contributed by atoms with Crippen molar-refractivity contribution in [1.29, 1.82) is 0 Å². The highest BCUT2D eigenvalue weighted by molar-refractivity contribution is 9.10. The van der Waals surface area contributed by atoms with Gasteiger partial charge in [-0.05, 0) is 13.0 Å². The highest BCUT2D eigenvalue weighted by Gasteiger charge is 2.11. The highest BCUT2D eigenvalue weighted by Crippen LogP contribution is 2.32. The van der Waals surface area contributed by atoms with Crippen LogP contribution in [0.15, 0.2) is 22.8 Å². The van der Waals surface area contributed by atoms with E-state index in [2.05, 4.69) is 40.1 Å². The van der Waals surface area contributed by atoms with E-state index in [1.54, 1.807) is 0 Å². The van der Waals surface area contributed by atoms with Crippen LogP contribution in [0.5, 0.6) is 0 Å². The summed E-state index contributed by atoms with van der Waals surface area (Å²) in [5.41, 5.74) is 3.64. The average Bonchev–Trinajstić information content (AvgIpc) is 2.41. The molecular weight excluding hydrogens is 216 g/mol. The fourth-order valence-corrected chi connectivity index (χ4v) is 1.76. The summed E-state index contributed by atoms with van der Waals surface area (Å²) in [6.07, 6.45) is 1.88. The molecule has 0 aromatic rings. The molecule has 0 N–H and O–H groups in total. The van der Waals surface area contributed by atoms with Gasteiger partial charge in [-0.1, -0.05) is 22.0 Å². The monoisotopic (exact) mass is 224 g/mol. The number of halogens is 1.